The van der Waals surface area contributed by atoms with Gasteiger partial charge in [0.05, 0.1) is 75.9 Å². The summed E-state index contributed by atoms with van der Waals surface area (Å²) in [5, 5.41) is 13.8. The van der Waals surface area contributed by atoms with Crippen LogP contribution in [0.1, 0.15) is 47.9 Å². The van der Waals surface area contributed by atoms with Crippen molar-refractivity contribution in [2.24, 2.45) is 51.6 Å². The quantitative estimate of drug-likeness (QED) is 0.0673. The molecule has 134 heavy (non-hydrogen) atoms. The highest BCUT2D eigenvalue weighted by Gasteiger charge is 2.32. The van der Waals surface area contributed by atoms with Crippen molar-refractivity contribution in [3.05, 3.63) is 235 Å². The van der Waals surface area contributed by atoms with E-state index < -0.39 is 30.2 Å². The molecule has 1 aromatic heterocycles. The Bertz CT molecular complexity index is 4940. The van der Waals surface area contributed by atoms with E-state index in [0.29, 0.717) is 37.6 Å². The van der Waals surface area contributed by atoms with Crippen molar-refractivity contribution in [3.8, 4) is 5.75 Å². The Kier molecular flexibility index (Phi) is 52.5. The highest BCUT2D eigenvalue weighted by Crippen LogP contribution is 2.35. The van der Waals surface area contributed by atoms with Gasteiger partial charge in [-0.15, -0.1) is 112 Å². The number of carbonyl (C=O) groups excluding carboxylic acids is 9. The summed E-state index contributed by atoms with van der Waals surface area (Å²) in [6, 6.07) is 60.3. The number of nitrogens with one attached hydrogen (secondary N) is 5. The molecule has 9 aliphatic heterocycles. The molecule has 10 heterocycles. The van der Waals surface area contributed by atoms with Gasteiger partial charge < -0.3 is 122 Å². The molecular formula is C92H126Cl9N23O10. The lowest BCUT2D eigenvalue weighted by molar-refractivity contribution is -0.120. The van der Waals surface area contributed by atoms with Crippen molar-refractivity contribution in [3.63, 3.8) is 0 Å². The number of nitrogens with zero attached hydrogens (tertiary/aromatic N) is 9. The lowest BCUT2D eigenvalue weighted by atomic mass is 10.1. The SMILES string of the molecule is CN1C(=O)[C@@H](N)CCc2ccccc21.CN1C(=O)[C@@H](N)CCc2ccccc21.CN1C[C@H](N)C(=O)N(C)c2ccccc21.CN1C[C@H](N)C(=O)N(C)c2ccccc21.CN1C[C@H](N)C(=O)Nc2ccccc21.CN1C[C@H](N)C(=O)Nc2ccccc21.Cl.Cl.Cl.Cl.Cl.Cl.Cl.Cl.Cl.N[C@H]1CCc2ccccc2NC1=O.N[C@H]1CCc2ccccc2NC1=O.N[C@H]1COc2ccncc2NC1=O. The van der Waals surface area contributed by atoms with E-state index in [9.17, 15) is 43.2 Å². The van der Waals surface area contributed by atoms with Gasteiger partial charge in [0.2, 0.25) is 53.2 Å². The van der Waals surface area contributed by atoms with Crippen LogP contribution in [0.2, 0.25) is 0 Å². The maximum atomic E-state index is 11.8. The summed E-state index contributed by atoms with van der Waals surface area (Å²) in [5.41, 5.74) is 68.0. The zero-order valence-corrected chi connectivity index (χ0v) is 82.9. The summed E-state index contributed by atoms with van der Waals surface area (Å²) in [5.74, 6) is -0.0925. The van der Waals surface area contributed by atoms with Gasteiger partial charge in [-0.2, -0.15) is 0 Å². The number of aryl methyl sites for hydroxylation is 4. The van der Waals surface area contributed by atoms with Crippen molar-refractivity contribution in [2.75, 3.05) is 155 Å². The number of nitrogens with two attached hydrogens (primary N) is 9. The first-order valence-corrected chi connectivity index (χ1v) is 41.3. The molecule has 9 aromatic rings. The second-order valence-electron chi connectivity index (χ2n) is 31.4. The van der Waals surface area contributed by atoms with Crippen LogP contribution in [0.3, 0.4) is 0 Å². The van der Waals surface area contributed by atoms with Crippen LogP contribution < -0.4 is 122 Å². The number of ether oxygens (including phenoxy) is 1. The van der Waals surface area contributed by atoms with Crippen LogP contribution >= 0.6 is 112 Å². The highest BCUT2D eigenvalue weighted by molar-refractivity contribution is 6.05. The second kappa shape index (κ2) is 58.0. The van der Waals surface area contributed by atoms with E-state index in [2.05, 4.69) is 43.7 Å². The molecule has 0 saturated heterocycles. The third kappa shape index (κ3) is 32.3. The number of para-hydroxylation sites is 12. The molecule has 0 aliphatic carbocycles. The van der Waals surface area contributed by atoms with Gasteiger partial charge in [-0.3, -0.25) is 48.1 Å². The monoisotopic (exact) mass is 2030 g/mol. The Morgan fingerprint density at radius 2 is 0.507 bits per heavy atom. The fourth-order valence-electron chi connectivity index (χ4n) is 14.9. The zero-order chi connectivity index (χ0) is 90.3. The molecule has 0 radical (unpaired) electrons. The number of likely N-dealkylation sites (N-methyl/N-ethyl adjacent to an activating group) is 8. The number of fused-ring (bicyclic) bond motifs is 9. The van der Waals surface area contributed by atoms with Crippen LogP contribution in [-0.4, -0.2) is 202 Å². The summed E-state index contributed by atoms with van der Waals surface area (Å²) in [4.78, 5) is 122. The highest BCUT2D eigenvalue weighted by atomic mass is 35.5. The average molecular weight is 2030 g/mol. The van der Waals surface area contributed by atoms with Gasteiger partial charge in [-0.25, -0.2) is 0 Å². The molecule has 23 N–H and O–H groups in total. The van der Waals surface area contributed by atoms with Crippen LogP contribution in [0.25, 0.3) is 0 Å². The van der Waals surface area contributed by atoms with Gasteiger partial charge in [-0.1, -0.05) is 121 Å². The number of benzene rings is 8. The number of pyridine rings is 1. The van der Waals surface area contributed by atoms with Crippen molar-refractivity contribution in [2.45, 2.75) is 106 Å². The second-order valence-corrected chi connectivity index (χ2v) is 31.4. The maximum Gasteiger partial charge on any atom is 0.245 e. The molecule has 9 amide bonds. The summed E-state index contributed by atoms with van der Waals surface area (Å²) >= 11 is 0. The van der Waals surface area contributed by atoms with Gasteiger partial charge in [-0.05, 0) is 146 Å². The third-order valence-corrected chi connectivity index (χ3v) is 22.2. The molecular weight excluding hydrogens is 1910 g/mol. The third-order valence-electron chi connectivity index (χ3n) is 22.2. The molecule has 0 saturated carbocycles. The number of amides is 9. The first kappa shape index (κ1) is 121. The normalized spacial score (nSPS) is 19.9. The fraction of sp³-hybridized carbons (Fsp3) is 0.326. The molecule has 732 valence electrons. The molecule has 42 heteroatoms. The molecule has 0 bridgehead atoms. The number of anilines is 13. The number of aromatic nitrogens is 1. The molecule has 18 rings (SSSR count). The van der Waals surface area contributed by atoms with E-state index in [-0.39, 0.29) is 196 Å². The van der Waals surface area contributed by atoms with E-state index >= 15 is 0 Å². The van der Waals surface area contributed by atoms with E-state index in [1.165, 1.54) is 28.5 Å². The number of rotatable bonds is 0. The van der Waals surface area contributed by atoms with Gasteiger partial charge in [0.15, 0.2) is 0 Å². The largest absolute Gasteiger partial charge is 0.489 e. The average Bonchev–Trinajstić information content (AvgIpc) is 1.66. The Morgan fingerprint density at radius 1 is 0.261 bits per heavy atom. The Balaban J connectivity index is 0.000000748. The minimum atomic E-state index is -0.618. The van der Waals surface area contributed by atoms with Crippen LogP contribution in [0.5, 0.6) is 5.75 Å². The van der Waals surface area contributed by atoms with Gasteiger partial charge in [0.1, 0.15) is 48.3 Å². The maximum absolute atomic E-state index is 11.8. The zero-order valence-electron chi connectivity index (χ0n) is 75.6. The number of carbonyl (C=O) groups is 9. The van der Waals surface area contributed by atoms with Gasteiger partial charge >= 0.3 is 0 Å². The standard InChI is InChI=1S/2C11H15N3O.2C11H14N2O.2C10H13N3O.2C10H12N2O.C8H9N3O2.9ClH/c2*1-13-7-8(12)11(15)14(2)10-6-4-3-5-9(10)13;2*1-13-10-5-3-2-4-8(10)6-7-9(12)11(13)14;2*1-13-6-7(11)10(14)12-8-4-2-3-5-9(8)13;2*11-8-6-5-7-3-1-2-4-9(7)12-10(8)13;9-5-4-13-7-1-2-10-3-6(7)11-8(5)12;;;;;;;;;/h2*3-6,8H,7,12H2,1-2H3;2*2-5,9H,6-7,12H2,1H3;2*2-5,7H,6,11H2,1H3,(H,12,14);2*1-4,8H,5-6,11H2,(H,12,13);1-3,5H,4,9H2,(H,11,12);9*1H/t2*8-;2*9-;2*7-;2*8-;5-;;;;;;;;;/m000000000........./s1. The molecule has 9 atom stereocenters. The van der Waals surface area contributed by atoms with E-state index in [0.717, 1.165) is 120 Å². The van der Waals surface area contributed by atoms with E-state index in [1.807, 2.05) is 230 Å². The number of hydrogen-bond donors (Lipinski definition) is 14. The van der Waals surface area contributed by atoms with Crippen LogP contribution in [0, 0.1) is 0 Å². The predicted octanol–water partition coefficient (Wildman–Crippen LogP) is 8.84. The van der Waals surface area contributed by atoms with Crippen LogP contribution in [0.4, 0.5) is 73.9 Å². The first-order valence-electron chi connectivity index (χ1n) is 41.3. The number of hydrogen-bond acceptors (Lipinski definition) is 24. The van der Waals surface area contributed by atoms with Crippen LogP contribution in [-0.2, 0) is 68.8 Å². The summed E-state index contributed by atoms with van der Waals surface area (Å²) in [6.45, 7) is 2.40. The lowest BCUT2D eigenvalue weighted by Gasteiger charge is -2.20. The Morgan fingerprint density at radius 3 is 0.881 bits per heavy atom. The van der Waals surface area contributed by atoms with Crippen molar-refractivity contribution in [1.82, 2.24) is 4.98 Å². The van der Waals surface area contributed by atoms with Crippen molar-refractivity contribution in [1.29, 1.82) is 0 Å². The summed E-state index contributed by atoms with van der Waals surface area (Å²) < 4.78 is 5.28. The molecule has 0 spiro atoms. The fourth-order valence-corrected chi connectivity index (χ4v) is 14.9. The molecule has 0 fully saturated rings. The molecule has 33 nitrogen and oxygen atoms in total. The van der Waals surface area contributed by atoms with Crippen molar-refractivity contribution < 1.29 is 47.9 Å². The van der Waals surface area contributed by atoms with E-state index in [4.69, 9.17) is 56.3 Å². The summed E-state index contributed by atoms with van der Waals surface area (Å²) in [7, 11) is 14.9. The topological polar surface area (TPSA) is 496 Å². The lowest BCUT2D eigenvalue weighted by Crippen LogP contribution is -2.45. The number of halogens is 9. The Hall–Kier alpha value is -10.6. The van der Waals surface area contributed by atoms with Crippen molar-refractivity contribution >= 4 is 239 Å². The first-order chi connectivity index (χ1) is 59.8. The summed E-state index contributed by atoms with van der Waals surface area (Å²) in [6.07, 6.45) is 9.56. The molecule has 8 aromatic carbocycles. The minimum Gasteiger partial charge on any atom is -0.489 e. The van der Waals surface area contributed by atoms with E-state index in [1.54, 1.807) is 60.1 Å². The predicted molar refractivity (Wildman–Crippen MR) is 561 cm³/mol. The van der Waals surface area contributed by atoms with Gasteiger partial charge in [0.25, 0.3) is 0 Å². The van der Waals surface area contributed by atoms with Gasteiger partial charge in [0, 0.05) is 118 Å². The smallest absolute Gasteiger partial charge is 0.245 e. The molecule has 9 aliphatic rings. The minimum absolute atomic E-state index is 0. The molecule has 0 unspecified atom stereocenters. The Labute approximate surface area is 838 Å². The van der Waals surface area contributed by atoms with Crippen LogP contribution in [0.15, 0.2) is 213 Å².